The van der Waals surface area contributed by atoms with E-state index in [1.54, 1.807) is 11.8 Å². The van der Waals surface area contributed by atoms with E-state index in [0.717, 1.165) is 27.6 Å². The number of hydrogen-bond donors (Lipinski definition) is 0. The highest BCUT2D eigenvalue weighted by molar-refractivity contribution is 9.11. The van der Waals surface area contributed by atoms with Gasteiger partial charge in [-0.15, -0.1) is 0 Å². The number of hydrogen-bond acceptors (Lipinski definition) is 2. The van der Waals surface area contributed by atoms with Gasteiger partial charge < -0.3 is 4.57 Å². The van der Waals surface area contributed by atoms with Crippen LogP contribution in [0.1, 0.15) is 31.2 Å². The van der Waals surface area contributed by atoms with E-state index in [-0.39, 0.29) is 0 Å². The molecule has 1 heterocycles. The van der Waals surface area contributed by atoms with Gasteiger partial charge >= 0.3 is 0 Å². The molecule has 0 atom stereocenters. The van der Waals surface area contributed by atoms with Crippen LogP contribution in [0.15, 0.2) is 16.2 Å². The smallest absolute Gasteiger partial charge is 0.168 e. The lowest BCUT2D eigenvalue weighted by atomic mass is 10.3. The molecule has 0 saturated carbocycles. The molecule has 2 nitrogen and oxygen atoms in total. The molecule has 4 heteroatoms. The fraction of sp³-hybridized carbons (Fsp3) is 0.583. The zero-order chi connectivity index (χ0) is 12.1. The van der Waals surface area contributed by atoms with Crippen molar-refractivity contribution in [2.75, 3.05) is 5.75 Å². The lowest BCUT2D eigenvalue weighted by Crippen LogP contribution is -2.02. The minimum atomic E-state index is 0.877. The van der Waals surface area contributed by atoms with Crippen molar-refractivity contribution in [3.63, 3.8) is 0 Å². The third-order valence-corrected chi connectivity index (χ3v) is 4.23. The second kappa shape index (κ2) is 6.50. The summed E-state index contributed by atoms with van der Waals surface area (Å²) in [4.78, 5) is 4.60. The van der Waals surface area contributed by atoms with Crippen molar-refractivity contribution in [3.8, 4) is 0 Å². The van der Waals surface area contributed by atoms with Crippen molar-refractivity contribution in [2.24, 2.45) is 0 Å². The summed E-state index contributed by atoms with van der Waals surface area (Å²) < 4.78 is 3.33. The Hall–Kier alpha value is -0.220. The molecule has 1 aromatic rings. The van der Waals surface area contributed by atoms with Crippen molar-refractivity contribution >= 4 is 27.7 Å². The largest absolute Gasteiger partial charge is 0.323 e. The molecule has 0 amide bonds. The fourth-order valence-electron chi connectivity index (χ4n) is 1.46. The first kappa shape index (κ1) is 13.8. The molecule has 0 aliphatic heterocycles. The van der Waals surface area contributed by atoms with Gasteiger partial charge in [0.05, 0.1) is 5.69 Å². The summed E-state index contributed by atoms with van der Waals surface area (Å²) in [6.45, 7) is 11.4. The molecule has 1 rings (SSSR count). The maximum absolute atomic E-state index is 4.60. The zero-order valence-electron chi connectivity index (χ0n) is 10.2. The van der Waals surface area contributed by atoms with Crippen LogP contribution < -0.4 is 0 Å². The molecule has 0 bridgehead atoms. The van der Waals surface area contributed by atoms with E-state index in [4.69, 9.17) is 0 Å². The number of rotatable bonds is 6. The van der Waals surface area contributed by atoms with Crippen LogP contribution >= 0.6 is 27.7 Å². The summed E-state index contributed by atoms with van der Waals surface area (Å²) in [6, 6.07) is 0. The SMILES string of the molecule is C=C(Br)CSc1nc(C)c(C)n1CCCC. The van der Waals surface area contributed by atoms with E-state index >= 15 is 0 Å². The van der Waals surface area contributed by atoms with E-state index in [1.807, 2.05) is 0 Å². The van der Waals surface area contributed by atoms with E-state index in [1.165, 1.54) is 18.5 Å². The molecule has 0 spiro atoms. The Morgan fingerprint density at radius 2 is 2.19 bits per heavy atom. The molecule has 0 saturated heterocycles. The lowest BCUT2D eigenvalue weighted by Gasteiger charge is -2.08. The topological polar surface area (TPSA) is 17.8 Å². The maximum atomic E-state index is 4.60. The summed E-state index contributed by atoms with van der Waals surface area (Å²) in [5, 5.41) is 1.11. The van der Waals surface area contributed by atoms with Crippen LogP contribution in [0.2, 0.25) is 0 Å². The molecular formula is C12H19BrN2S. The summed E-state index contributed by atoms with van der Waals surface area (Å²) in [5.74, 6) is 0.877. The van der Waals surface area contributed by atoms with Gasteiger partial charge in [-0.3, -0.25) is 0 Å². The summed E-state index contributed by atoms with van der Waals surface area (Å²) in [5.41, 5.74) is 2.43. The average Bonchev–Trinajstić information content (AvgIpc) is 2.50. The third-order valence-electron chi connectivity index (χ3n) is 2.52. The molecular weight excluding hydrogens is 284 g/mol. The predicted octanol–water partition coefficient (Wildman–Crippen LogP) is 4.30. The van der Waals surface area contributed by atoms with Crippen LogP contribution in [0, 0.1) is 13.8 Å². The van der Waals surface area contributed by atoms with Gasteiger partial charge in [0.1, 0.15) is 0 Å². The van der Waals surface area contributed by atoms with E-state index in [9.17, 15) is 0 Å². The predicted molar refractivity (Wildman–Crippen MR) is 75.4 cm³/mol. The number of imidazole rings is 1. The number of unbranched alkanes of at least 4 members (excludes halogenated alkanes) is 1. The van der Waals surface area contributed by atoms with Gasteiger partial charge in [-0.25, -0.2) is 4.98 Å². The molecule has 0 radical (unpaired) electrons. The average molecular weight is 303 g/mol. The number of thioether (sulfide) groups is 1. The Morgan fingerprint density at radius 1 is 1.50 bits per heavy atom. The molecule has 1 aromatic heterocycles. The standard InChI is InChI=1S/C12H19BrN2S/c1-5-6-7-15-11(4)10(3)14-12(15)16-8-9(2)13/h2,5-8H2,1,3-4H3. The highest BCUT2D eigenvalue weighted by Gasteiger charge is 2.10. The Bertz CT molecular complexity index is 371. The Balaban J connectivity index is 2.80. The van der Waals surface area contributed by atoms with E-state index in [2.05, 4.69) is 52.8 Å². The number of nitrogens with zero attached hydrogens (tertiary/aromatic N) is 2. The summed E-state index contributed by atoms with van der Waals surface area (Å²) >= 11 is 5.13. The first-order valence-corrected chi connectivity index (χ1v) is 7.34. The quantitative estimate of drug-likeness (QED) is 0.729. The van der Waals surface area contributed by atoms with Gasteiger partial charge in [-0.05, 0) is 24.8 Å². The van der Waals surface area contributed by atoms with Gasteiger partial charge in [-0.1, -0.05) is 47.6 Å². The van der Waals surface area contributed by atoms with Gasteiger partial charge in [0.15, 0.2) is 5.16 Å². The summed E-state index contributed by atoms with van der Waals surface area (Å²) in [6.07, 6.45) is 2.42. The van der Waals surface area contributed by atoms with Crippen LogP contribution in [0.3, 0.4) is 0 Å². The molecule has 90 valence electrons. The zero-order valence-corrected chi connectivity index (χ0v) is 12.6. The molecule has 0 N–H and O–H groups in total. The van der Waals surface area contributed by atoms with Gasteiger partial charge in [0, 0.05) is 18.0 Å². The van der Waals surface area contributed by atoms with Gasteiger partial charge in [0.25, 0.3) is 0 Å². The monoisotopic (exact) mass is 302 g/mol. The van der Waals surface area contributed by atoms with Crippen molar-refractivity contribution in [3.05, 3.63) is 22.4 Å². The number of aryl methyl sites for hydroxylation is 1. The van der Waals surface area contributed by atoms with E-state index < -0.39 is 0 Å². The lowest BCUT2D eigenvalue weighted by molar-refractivity contribution is 0.575. The molecule has 0 aliphatic rings. The van der Waals surface area contributed by atoms with Crippen LogP contribution in [0.5, 0.6) is 0 Å². The first-order valence-electron chi connectivity index (χ1n) is 5.56. The van der Waals surface area contributed by atoms with Crippen molar-refractivity contribution in [1.29, 1.82) is 0 Å². The van der Waals surface area contributed by atoms with Gasteiger partial charge in [-0.2, -0.15) is 0 Å². The van der Waals surface area contributed by atoms with Crippen molar-refractivity contribution in [2.45, 2.75) is 45.3 Å². The van der Waals surface area contributed by atoms with Crippen LogP contribution in [0.25, 0.3) is 0 Å². The van der Waals surface area contributed by atoms with Crippen molar-refractivity contribution < 1.29 is 0 Å². The number of halogens is 1. The Labute approximate surface area is 111 Å². The van der Waals surface area contributed by atoms with Crippen LogP contribution in [-0.2, 0) is 6.54 Å². The van der Waals surface area contributed by atoms with Gasteiger partial charge in [0.2, 0.25) is 0 Å². The van der Waals surface area contributed by atoms with Crippen molar-refractivity contribution in [1.82, 2.24) is 9.55 Å². The second-order valence-corrected chi connectivity index (χ2v) is 5.94. The summed E-state index contributed by atoms with van der Waals surface area (Å²) in [7, 11) is 0. The minimum absolute atomic E-state index is 0.877. The normalized spacial score (nSPS) is 10.8. The van der Waals surface area contributed by atoms with Crippen LogP contribution in [-0.4, -0.2) is 15.3 Å². The highest BCUT2D eigenvalue weighted by atomic mass is 79.9. The highest BCUT2D eigenvalue weighted by Crippen LogP contribution is 2.24. The second-order valence-electron chi connectivity index (χ2n) is 3.88. The molecule has 0 aliphatic carbocycles. The Kier molecular flexibility index (Phi) is 5.62. The molecule has 0 aromatic carbocycles. The maximum Gasteiger partial charge on any atom is 0.168 e. The van der Waals surface area contributed by atoms with Crippen LogP contribution in [0.4, 0.5) is 0 Å². The third kappa shape index (κ3) is 3.67. The number of aromatic nitrogens is 2. The minimum Gasteiger partial charge on any atom is -0.323 e. The molecule has 0 fully saturated rings. The van der Waals surface area contributed by atoms with E-state index in [0.29, 0.717) is 0 Å². The first-order chi connectivity index (χ1) is 7.56. The molecule has 16 heavy (non-hydrogen) atoms. The molecule has 0 unspecified atom stereocenters. The Morgan fingerprint density at radius 3 is 2.75 bits per heavy atom. The fourth-order valence-corrected chi connectivity index (χ4v) is 2.67.